The van der Waals surface area contributed by atoms with Crippen LogP contribution in [0.2, 0.25) is 0 Å². The van der Waals surface area contributed by atoms with E-state index in [1.54, 1.807) is 0 Å². The normalized spacial score (nSPS) is 10.8. The fourth-order valence-corrected chi connectivity index (χ4v) is 2.70. The molecule has 112 valence electrons. The number of para-hydroxylation sites is 2. The van der Waals surface area contributed by atoms with E-state index >= 15 is 0 Å². The summed E-state index contributed by atoms with van der Waals surface area (Å²) in [6, 6.07) is 15.4. The SMILES string of the molecule is CCc1ccc(NC(=O)CSc2nc3ccccc3o2)cc1. The molecular formula is C17H16N2O2S. The van der Waals surface area contributed by atoms with Gasteiger partial charge in [0.2, 0.25) is 5.91 Å². The number of amides is 1. The van der Waals surface area contributed by atoms with Crippen LogP contribution in [0.25, 0.3) is 11.1 Å². The molecule has 0 bridgehead atoms. The molecule has 3 aromatic rings. The molecule has 1 N–H and O–H groups in total. The lowest BCUT2D eigenvalue weighted by atomic mass is 10.1. The molecule has 5 heteroatoms. The molecule has 0 fully saturated rings. The molecule has 0 unspecified atom stereocenters. The number of fused-ring (bicyclic) bond motifs is 1. The highest BCUT2D eigenvalue weighted by Crippen LogP contribution is 2.23. The van der Waals surface area contributed by atoms with Gasteiger partial charge in [0.05, 0.1) is 5.75 Å². The summed E-state index contributed by atoms with van der Waals surface area (Å²) in [5.41, 5.74) is 3.60. The van der Waals surface area contributed by atoms with Crippen LogP contribution in [0.1, 0.15) is 12.5 Å². The Balaban J connectivity index is 1.57. The van der Waals surface area contributed by atoms with Crippen LogP contribution in [0.15, 0.2) is 58.2 Å². The van der Waals surface area contributed by atoms with Gasteiger partial charge < -0.3 is 9.73 Å². The summed E-state index contributed by atoms with van der Waals surface area (Å²) >= 11 is 1.29. The third-order valence-corrected chi connectivity index (χ3v) is 4.08. The molecular weight excluding hydrogens is 296 g/mol. The second-order valence-electron chi connectivity index (χ2n) is 4.83. The average Bonchev–Trinajstić information content (AvgIpc) is 2.96. The lowest BCUT2D eigenvalue weighted by Crippen LogP contribution is -2.13. The topological polar surface area (TPSA) is 55.1 Å². The van der Waals surface area contributed by atoms with Gasteiger partial charge >= 0.3 is 0 Å². The van der Waals surface area contributed by atoms with Crippen molar-refractivity contribution in [3.05, 3.63) is 54.1 Å². The van der Waals surface area contributed by atoms with E-state index in [1.807, 2.05) is 48.5 Å². The van der Waals surface area contributed by atoms with E-state index in [9.17, 15) is 4.79 Å². The second kappa shape index (κ2) is 6.66. The van der Waals surface area contributed by atoms with Gasteiger partial charge in [0.15, 0.2) is 5.58 Å². The summed E-state index contributed by atoms with van der Waals surface area (Å²) in [5.74, 6) is 0.194. The molecule has 1 heterocycles. The molecule has 0 saturated heterocycles. The van der Waals surface area contributed by atoms with Gasteiger partial charge in [-0.2, -0.15) is 0 Å². The van der Waals surface area contributed by atoms with E-state index in [1.165, 1.54) is 17.3 Å². The van der Waals surface area contributed by atoms with Crippen molar-refractivity contribution in [2.24, 2.45) is 0 Å². The standard InChI is InChI=1S/C17H16N2O2S/c1-2-12-7-9-13(10-8-12)18-16(20)11-22-17-19-14-5-3-4-6-15(14)21-17/h3-10H,2,11H2,1H3,(H,18,20). The van der Waals surface area contributed by atoms with E-state index < -0.39 is 0 Å². The van der Waals surface area contributed by atoms with Crippen LogP contribution in [0.4, 0.5) is 5.69 Å². The largest absolute Gasteiger partial charge is 0.431 e. The van der Waals surface area contributed by atoms with Gasteiger partial charge in [-0.05, 0) is 36.2 Å². The van der Waals surface area contributed by atoms with Crippen molar-refractivity contribution in [1.29, 1.82) is 0 Å². The van der Waals surface area contributed by atoms with Gasteiger partial charge in [-0.15, -0.1) is 0 Å². The van der Waals surface area contributed by atoms with Gasteiger partial charge in [-0.1, -0.05) is 43.0 Å². The summed E-state index contributed by atoms with van der Waals surface area (Å²) in [4.78, 5) is 16.3. The molecule has 0 spiro atoms. The molecule has 0 aliphatic heterocycles. The fourth-order valence-electron chi connectivity index (χ4n) is 2.06. The zero-order valence-electron chi connectivity index (χ0n) is 12.2. The van der Waals surface area contributed by atoms with E-state index in [2.05, 4.69) is 17.2 Å². The van der Waals surface area contributed by atoms with Gasteiger partial charge in [0.1, 0.15) is 5.52 Å². The number of rotatable bonds is 5. The van der Waals surface area contributed by atoms with Crippen molar-refractivity contribution in [1.82, 2.24) is 4.98 Å². The number of thioether (sulfide) groups is 1. The van der Waals surface area contributed by atoms with Crippen LogP contribution in [0.5, 0.6) is 0 Å². The number of nitrogens with zero attached hydrogens (tertiary/aromatic N) is 1. The molecule has 1 aromatic heterocycles. The second-order valence-corrected chi connectivity index (χ2v) is 5.76. The number of hydrogen-bond donors (Lipinski definition) is 1. The van der Waals surface area contributed by atoms with Crippen molar-refractivity contribution in [2.75, 3.05) is 11.1 Å². The van der Waals surface area contributed by atoms with Crippen LogP contribution >= 0.6 is 11.8 Å². The molecule has 1 amide bonds. The lowest BCUT2D eigenvalue weighted by Gasteiger charge is -2.04. The Morgan fingerprint density at radius 3 is 2.68 bits per heavy atom. The van der Waals surface area contributed by atoms with Crippen LogP contribution in [0, 0.1) is 0 Å². The first-order valence-electron chi connectivity index (χ1n) is 7.12. The average molecular weight is 312 g/mol. The highest BCUT2D eigenvalue weighted by molar-refractivity contribution is 7.99. The third-order valence-electron chi connectivity index (χ3n) is 3.25. The van der Waals surface area contributed by atoms with Crippen molar-refractivity contribution in [3.8, 4) is 0 Å². The van der Waals surface area contributed by atoms with Crippen LogP contribution in [-0.2, 0) is 11.2 Å². The maximum Gasteiger partial charge on any atom is 0.257 e. The molecule has 0 saturated carbocycles. The molecule has 0 atom stereocenters. The first-order chi connectivity index (χ1) is 10.7. The number of carbonyl (C=O) groups excluding carboxylic acids is 1. The first-order valence-corrected chi connectivity index (χ1v) is 8.10. The van der Waals surface area contributed by atoms with Crippen molar-refractivity contribution < 1.29 is 9.21 Å². The maximum atomic E-state index is 12.0. The smallest absolute Gasteiger partial charge is 0.257 e. The number of carbonyl (C=O) groups is 1. The predicted octanol–water partition coefficient (Wildman–Crippen LogP) is 4.12. The number of anilines is 1. The van der Waals surface area contributed by atoms with Crippen LogP contribution in [0.3, 0.4) is 0 Å². The Bertz CT molecular complexity index is 748. The van der Waals surface area contributed by atoms with Crippen LogP contribution in [-0.4, -0.2) is 16.6 Å². The Kier molecular flexibility index (Phi) is 4.44. The number of benzene rings is 2. The summed E-state index contributed by atoms with van der Waals surface area (Å²) < 4.78 is 5.57. The van der Waals surface area contributed by atoms with E-state index in [4.69, 9.17) is 4.42 Å². The molecule has 0 aliphatic rings. The number of aryl methyl sites for hydroxylation is 1. The number of oxazole rings is 1. The zero-order valence-corrected chi connectivity index (χ0v) is 13.0. The molecule has 22 heavy (non-hydrogen) atoms. The predicted molar refractivity (Wildman–Crippen MR) is 89.2 cm³/mol. The molecule has 0 aliphatic carbocycles. The van der Waals surface area contributed by atoms with Gasteiger partial charge in [0, 0.05) is 5.69 Å². The summed E-state index contributed by atoms with van der Waals surface area (Å²) in [7, 11) is 0. The maximum absolute atomic E-state index is 12.0. The Morgan fingerprint density at radius 1 is 1.18 bits per heavy atom. The monoisotopic (exact) mass is 312 g/mol. The third kappa shape index (κ3) is 3.49. The molecule has 0 radical (unpaired) electrons. The van der Waals surface area contributed by atoms with Crippen molar-refractivity contribution in [2.45, 2.75) is 18.6 Å². The van der Waals surface area contributed by atoms with Crippen molar-refractivity contribution >= 4 is 34.5 Å². The quantitative estimate of drug-likeness (QED) is 0.720. The van der Waals surface area contributed by atoms with Crippen molar-refractivity contribution in [3.63, 3.8) is 0 Å². The van der Waals surface area contributed by atoms with E-state index in [0.717, 1.165) is 23.2 Å². The van der Waals surface area contributed by atoms with Gasteiger partial charge in [-0.3, -0.25) is 4.79 Å². The molecule has 3 rings (SSSR count). The lowest BCUT2D eigenvalue weighted by molar-refractivity contribution is -0.113. The zero-order chi connectivity index (χ0) is 15.4. The van der Waals surface area contributed by atoms with Gasteiger partial charge in [0.25, 0.3) is 5.22 Å². The highest BCUT2D eigenvalue weighted by atomic mass is 32.2. The Morgan fingerprint density at radius 2 is 1.95 bits per heavy atom. The summed E-state index contributed by atoms with van der Waals surface area (Å²) in [5, 5.41) is 3.38. The summed E-state index contributed by atoms with van der Waals surface area (Å²) in [6.45, 7) is 2.10. The minimum absolute atomic E-state index is 0.0727. The first kappa shape index (κ1) is 14.7. The number of aromatic nitrogens is 1. The Hall–Kier alpha value is -2.27. The highest BCUT2D eigenvalue weighted by Gasteiger charge is 2.09. The number of nitrogens with one attached hydrogen (secondary N) is 1. The van der Waals surface area contributed by atoms with E-state index in [0.29, 0.717) is 5.22 Å². The molecule has 4 nitrogen and oxygen atoms in total. The van der Waals surface area contributed by atoms with E-state index in [-0.39, 0.29) is 11.7 Å². The Labute approximate surface area is 132 Å². The fraction of sp³-hybridized carbons (Fsp3) is 0.176. The minimum Gasteiger partial charge on any atom is -0.431 e. The molecule has 2 aromatic carbocycles. The summed E-state index contributed by atoms with van der Waals surface area (Å²) in [6.07, 6.45) is 0.988. The van der Waals surface area contributed by atoms with Crippen LogP contribution < -0.4 is 5.32 Å². The van der Waals surface area contributed by atoms with Gasteiger partial charge in [-0.25, -0.2) is 4.98 Å². The number of hydrogen-bond acceptors (Lipinski definition) is 4. The minimum atomic E-state index is -0.0727.